The van der Waals surface area contributed by atoms with E-state index < -0.39 is 0 Å². The lowest BCUT2D eigenvalue weighted by Gasteiger charge is -2.26. The smallest absolute Gasteiger partial charge is 0.0555 e. The lowest BCUT2D eigenvalue weighted by molar-refractivity contribution is 0.112. The van der Waals surface area contributed by atoms with Gasteiger partial charge in [0.1, 0.15) is 0 Å². The van der Waals surface area contributed by atoms with Crippen LogP contribution in [0.4, 0.5) is 0 Å². The Balaban J connectivity index is 2.06. The minimum atomic E-state index is -0.0436. The van der Waals surface area contributed by atoms with Crippen molar-refractivity contribution in [3.05, 3.63) is 0 Å². The Hall–Kier alpha value is -0.0800. The van der Waals surface area contributed by atoms with Gasteiger partial charge in [-0.2, -0.15) is 0 Å². The van der Waals surface area contributed by atoms with Gasteiger partial charge >= 0.3 is 0 Å². The van der Waals surface area contributed by atoms with Crippen molar-refractivity contribution in [2.24, 2.45) is 0 Å². The van der Waals surface area contributed by atoms with Crippen LogP contribution in [0.15, 0.2) is 0 Å². The Morgan fingerprint density at radius 3 is 2.92 bits per heavy atom. The summed E-state index contributed by atoms with van der Waals surface area (Å²) in [6.07, 6.45) is 6.87. The number of hydrogen-bond acceptors (Lipinski definition) is 2. The van der Waals surface area contributed by atoms with Crippen LogP contribution in [0.5, 0.6) is 0 Å². The highest BCUT2D eigenvalue weighted by Gasteiger charge is 2.18. The first kappa shape index (κ1) is 10.0. The molecule has 1 fully saturated rings. The SMILES string of the molecule is CCCCNC1CCCC(O)C1. The maximum absolute atomic E-state index is 9.40. The molecule has 0 heterocycles. The van der Waals surface area contributed by atoms with Crippen LogP contribution in [0.1, 0.15) is 45.4 Å². The Bertz CT molecular complexity index is 116. The molecule has 0 radical (unpaired) electrons. The fraction of sp³-hybridized carbons (Fsp3) is 1.00. The van der Waals surface area contributed by atoms with Gasteiger partial charge in [-0.15, -0.1) is 0 Å². The maximum Gasteiger partial charge on any atom is 0.0555 e. The third-order valence-electron chi connectivity index (χ3n) is 2.61. The predicted octanol–water partition coefficient (Wildman–Crippen LogP) is 1.68. The maximum atomic E-state index is 9.40. The van der Waals surface area contributed by atoms with Gasteiger partial charge in [0.15, 0.2) is 0 Å². The largest absolute Gasteiger partial charge is 0.393 e. The molecular formula is C10H21NO. The fourth-order valence-corrected chi connectivity index (χ4v) is 1.83. The van der Waals surface area contributed by atoms with Gasteiger partial charge in [-0.25, -0.2) is 0 Å². The molecule has 0 aromatic carbocycles. The van der Waals surface area contributed by atoms with Crippen LogP contribution >= 0.6 is 0 Å². The van der Waals surface area contributed by atoms with Crippen LogP contribution < -0.4 is 5.32 Å². The highest BCUT2D eigenvalue weighted by molar-refractivity contribution is 4.76. The average molecular weight is 171 g/mol. The van der Waals surface area contributed by atoms with Crippen LogP contribution in [-0.4, -0.2) is 23.8 Å². The fourth-order valence-electron chi connectivity index (χ4n) is 1.83. The molecule has 0 aliphatic heterocycles. The van der Waals surface area contributed by atoms with Crippen LogP contribution in [0.25, 0.3) is 0 Å². The summed E-state index contributed by atoms with van der Waals surface area (Å²) in [5, 5.41) is 12.9. The number of hydrogen-bond donors (Lipinski definition) is 2. The molecule has 0 saturated heterocycles. The Kier molecular flexibility index (Phi) is 4.62. The molecular weight excluding hydrogens is 150 g/mol. The number of rotatable bonds is 4. The molecule has 1 saturated carbocycles. The van der Waals surface area contributed by atoms with E-state index in [1.54, 1.807) is 0 Å². The summed E-state index contributed by atoms with van der Waals surface area (Å²) in [4.78, 5) is 0. The monoisotopic (exact) mass is 171 g/mol. The van der Waals surface area contributed by atoms with E-state index in [-0.39, 0.29) is 6.10 Å². The van der Waals surface area contributed by atoms with Gasteiger partial charge in [-0.3, -0.25) is 0 Å². The van der Waals surface area contributed by atoms with Crippen molar-refractivity contribution < 1.29 is 5.11 Å². The van der Waals surface area contributed by atoms with E-state index in [0.29, 0.717) is 6.04 Å². The van der Waals surface area contributed by atoms with Crippen LogP contribution in [-0.2, 0) is 0 Å². The first-order valence-electron chi connectivity index (χ1n) is 5.24. The minimum absolute atomic E-state index is 0.0436. The first-order chi connectivity index (χ1) is 5.83. The third-order valence-corrected chi connectivity index (χ3v) is 2.61. The molecule has 12 heavy (non-hydrogen) atoms. The molecule has 2 heteroatoms. The van der Waals surface area contributed by atoms with E-state index in [4.69, 9.17) is 0 Å². The van der Waals surface area contributed by atoms with Crippen molar-refractivity contribution in [2.75, 3.05) is 6.54 Å². The van der Waals surface area contributed by atoms with Gasteiger partial charge in [-0.1, -0.05) is 13.3 Å². The van der Waals surface area contributed by atoms with Crippen molar-refractivity contribution in [1.82, 2.24) is 5.32 Å². The second-order valence-electron chi connectivity index (χ2n) is 3.83. The molecule has 1 aliphatic carbocycles. The Morgan fingerprint density at radius 1 is 1.42 bits per heavy atom. The molecule has 1 aliphatic rings. The minimum Gasteiger partial charge on any atom is -0.393 e. The highest BCUT2D eigenvalue weighted by atomic mass is 16.3. The molecule has 0 spiro atoms. The van der Waals surface area contributed by atoms with Crippen LogP contribution in [0.3, 0.4) is 0 Å². The van der Waals surface area contributed by atoms with E-state index in [9.17, 15) is 5.11 Å². The van der Waals surface area contributed by atoms with E-state index >= 15 is 0 Å². The summed E-state index contributed by atoms with van der Waals surface area (Å²) in [5.41, 5.74) is 0. The Morgan fingerprint density at radius 2 is 2.25 bits per heavy atom. The summed E-state index contributed by atoms with van der Waals surface area (Å²) in [7, 11) is 0. The highest BCUT2D eigenvalue weighted by Crippen LogP contribution is 2.18. The zero-order valence-corrected chi connectivity index (χ0v) is 8.05. The van der Waals surface area contributed by atoms with Gasteiger partial charge < -0.3 is 10.4 Å². The molecule has 72 valence electrons. The predicted molar refractivity (Wildman–Crippen MR) is 51.2 cm³/mol. The molecule has 1 rings (SSSR count). The molecule has 0 amide bonds. The number of aliphatic hydroxyl groups is 1. The first-order valence-corrected chi connectivity index (χ1v) is 5.24. The number of unbranched alkanes of at least 4 members (excludes halogenated alkanes) is 1. The Labute approximate surface area is 75.4 Å². The molecule has 2 unspecified atom stereocenters. The zero-order valence-electron chi connectivity index (χ0n) is 8.05. The van der Waals surface area contributed by atoms with Gasteiger partial charge in [0, 0.05) is 6.04 Å². The molecule has 2 nitrogen and oxygen atoms in total. The van der Waals surface area contributed by atoms with E-state index in [0.717, 1.165) is 19.4 Å². The third kappa shape index (κ3) is 3.55. The van der Waals surface area contributed by atoms with Crippen molar-refractivity contribution >= 4 is 0 Å². The summed E-state index contributed by atoms with van der Waals surface area (Å²) in [5.74, 6) is 0. The van der Waals surface area contributed by atoms with Crippen LogP contribution in [0, 0.1) is 0 Å². The standard InChI is InChI=1S/C10H21NO/c1-2-3-7-11-9-5-4-6-10(12)8-9/h9-12H,2-8H2,1H3. The second-order valence-corrected chi connectivity index (χ2v) is 3.83. The van der Waals surface area contributed by atoms with E-state index in [1.165, 1.54) is 25.7 Å². The molecule has 0 bridgehead atoms. The second kappa shape index (κ2) is 5.55. The van der Waals surface area contributed by atoms with E-state index in [2.05, 4.69) is 12.2 Å². The van der Waals surface area contributed by atoms with E-state index in [1.807, 2.05) is 0 Å². The molecule has 2 N–H and O–H groups in total. The summed E-state index contributed by atoms with van der Waals surface area (Å²) in [6, 6.07) is 0.584. The zero-order chi connectivity index (χ0) is 8.81. The summed E-state index contributed by atoms with van der Waals surface area (Å²) >= 11 is 0. The van der Waals surface area contributed by atoms with Crippen molar-refractivity contribution in [1.29, 1.82) is 0 Å². The lowest BCUT2D eigenvalue weighted by atomic mass is 9.93. The van der Waals surface area contributed by atoms with Gasteiger partial charge in [0.25, 0.3) is 0 Å². The number of nitrogens with one attached hydrogen (secondary N) is 1. The quantitative estimate of drug-likeness (QED) is 0.631. The normalized spacial score (nSPS) is 30.5. The summed E-state index contributed by atoms with van der Waals surface area (Å²) in [6.45, 7) is 3.32. The van der Waals surface area contributed by atoms with Crippen molar-refractivity contribution in [2.45, 2.75) is 57.6 Å². The average Bonchev–Trinajstić information content (AvgIpc) is 2.05. The van der Waals surface area contributed by atoms with Gasteiger partial charge in [-0.05, 0) is 38.6 Å². The molecule has 0 aromatic rings. The number of aliphatic hydroxyl groups excluding tert-OH is 1. The van der Waals surface area contributed by atoms with Crippen LogP contribution in [0.2, 0.25) is 0 Å². The lowest BCUT2D eigenvalue weighted by Crippen LogP contribution is -2.36. The van der Waals surface area contributed by atoms with Crippen molar-refractivity contribution in [3.63, 3.8) is 0 Å². The molecule has 0 aromatic heterocycles. The van der Waals surface area contributed by atoms with Crippen molar-refractivity contribution in [3.8, 4) is 0 Å². The van der Waals surface area contributed by atoms with Gasteiger partial charge in [0.05, 0.1) is 6.10 Å². The van der Waals surface area contributed by atoms with Gasteiger partial charge in [0.2, 0.25) is 0 Å². The molecule has 2 atom stereocenters. The summed E-state index contributed by atoms with van der Waals surface area (Å²) < 4.78 is 0. The topological polar surface area (TPSA) is 32.3 Å².